The number of nitrogen functional groups attached to an aromatic ring is 1. The molecule has 1 heterocycles. The summed E-state index contributed by atoms with van der Waals surface area (Å²) in [5.74, 6) is -0.0522. The molecular formula is C11H12BrClN4O2S. The van der Waals surface area contributed by atoms with Crippen LogP contribution in [0.3, 0.4) is 0 Å². The van der Waals surface area contributed by atoms with E-state index in [0.717, 1.165) is 0 Å². The van der Waals surface area contributed by atoms with Gasteiger partial charge < -0.3 is 5.73 Å². The lowest BCUT2D eigenvalue weighted by molar-refractivity contribution is 0.600. The van der Waals surface area contributed by atoms with Gasteiger partial charge >= 0.3 is 0 Å². The smallest absolute Gasteiger partial charge is 0.267 e. The second kappa shape index (κ2) is 5.27. The largest absolute Gasteiger partial charge is 0.381 e. The van der Waals surface area contributed by atoms with Crippen molar-refractivity contribution in [3.8, 4) is 0 Å². The van der Waals surface area contributed by atoms with Crippen LogP contribution in [0.25, 0.3) is 0 Å². The van der Waals surface area contributed by atoms with Gasteiger partial charge in [-0.2, -0.15) is 5.10 Å². The Morgan fingerprint density at radius 2 is 2.10 bits per heavy atom. The second-order valence-electron chi connectivity index (χ2n) is 4.15. The predicted octanol–water partition coefficient (Wildman–Crippen LogP) is 2.53. The molecule has 20 heavy (non-hydrogen) atoms. The number of halogens is 2. The molecule has 1 aromatic heterocycles. The number of benzene rings is 1. The quantitative estimate of drug-likeness (QED) is 0.857. The maximum absolute atomic E-state index is 12.4. The summed E-state index contributed by atoms with van der Waals surface area (Å²) in [6.07, 6.45) is 0. The molecule has 0 atom stereocenters. The van der Waals surface area contributed by atoms with E-state index >= 15 is 0 Å². The first-order chi connectivity index (χ1) is 9.22. The number of sulfonamides is 1. The highest BCUT2D eigenvalue weighted by Crippen LogP contribution is 2.30. The molecule has 0 spiro atoms. The van der Waals surface area contributed by atoms with Gasteiger partial charge in [0.2, 0.25) is 0 Å². The number of rotatable bonds is 3. The minimum absolute atomic E-state index is 0.0453. The molecule has 0 radical (unpaired) electrons. The molecule has 6 nitrogen and oxygen atoms in total. The zero-order valence-electron chi connectivity index (χ0n) is 10.7. The van der Waals surface area contributed by atoms with E-state index in [-0.39, 0.29) is 21.4 Å². The van der Waals surface area contributed by atoms with Gasteiger partial charge in [-0.15, -0.1) is 0 Å². The topological polar surface area (TPSA) is 90.0 Å². The van der Waals surface area contributed by atoms with E-state index in [9.17, 15) is 8.42 Å². The first-order valence-electron chi connectivity index (χ1n) is 5.49. The van der Waals surface area contributed by atoms with Crippen molar-refractivity contribution in [1.82, 2.24) is 9.78 Å². The van der Waals surface area contributed by atoms with E-state index in [2.05, 4.69) is 25.8 Å². The molecule has 0 fully saturated rings. The zero-order chi connectivity index (χ0) is 15.1. The molecule has 0 saturated carbocycles. The van der Waals surface area contributed by atoms with E-state index in [4.69, 9.17) is 17.3 Å². The molecule has 2 rings (SSSR count). The molecule has 0 aliphatic carbocycles. The highest BCUT2D eigenvalue weighted by Gasteiger charge is 2.25. The van der Waals surface area contributed by atoms with E-state index in [1.165, 1.54) is 4.68 Å². The Morgan fingerprint density at radius 1 is 1.45 bits per heavy atom. The first-order valence-corrected chi connectivity index (χ1v) is 8.14. The summed E-state index contributed by atoms with van der Waals surface area (Å²) in [6, 6.07) is 4.87. The van der Waals surface area contributed by atoms with Crippen molar-refractivity contribution in [2.45, 2.75) is 11.8 Å². The summed E-state index contributed by atoms with van der Waals surface area (Å²) >= 11 is 9.23. The van der Waals surface area contributed by atoms with Crippen LogP contribution in [0, 0.1) is 6.92 Å². The number of nitrogens with one attached hydrogen (secondary N) is 1. The van der Waals surface area contributed by atoms with Crippen molar-refractivity contribution in [2.24, 2.45) is 7.05 Å². The van der Waals surface area contributed by atoms with E-state index in [0.29, 0.717) is 10.2 Å². The Morgan fingerprint density at radius 3 is 2.65 bits per heavy atom. The van der Waals surface area contributed by atoms with Crippen LogP contribution >= 0.6 is 27.5 Å². The molecule has 9 heteroatoms. The molecule has 0 amide bonds. The standard InChI is InChI=1S/C11H12BrClN4O2S/c1-6-10(11(14)15-17(6)2)20(18,19)16-9-5-7(12)3-4-8(9)13/h3-5,16H,1-2H3,(H2,14,15). The molecule has 2 aromatic rings. The molecule has 108 valence electrons. The normalized spacial score (nSPS) is 11.6. The summed E-state index contributed by atoms with van der Waals surface area (Å²) in [7, 11) is -2.23. The number of anilines is 2. The molecule has 0 unspecified atom stereocenters. The van der Waals surface area contributed by atoms with Gasteiger partial charge in [-0.05, 0) is 25.1 Å². The molecule has 0 saturated heterocycles. The highest BCUT2D eigenvalue weighted by atomic mass is 79.9. The molecule has 0 aliphatic rings. The summed E-state index contributed by atoms with van der Waals surface area (Å²) in [5, 5.41) is 4.18. The Bertz CT molecular complexity index is 773. The monoisotopic (exact) mass is 378 g/mol. The van der Waals surface area contributed by atoms with Gasteiger partial charge in [-0.3, -0.25) is 9.40 Å². The van der Waals surface area contributed by atoms with Gasteiger partial charge in [0, 0.05) is 11.5 Å². The van der Waals surface area contributed by atoms with Crippen molar-refractivity contribution in [2.75, 3.05) is 10.5 Å². The molecular weight excluding hydrogens is 368 g/mol. The third kappa shape index (κ3) is 2.77. The SMILES string of the molecule is Cc1c(S(=O)(=O)Nc2cc(Br)ccc2Cl)c(N)nn1C. The number of nitrogens with zero attached hydrogens (tertiary/aromatic N) is 2. The molecule has 0 aliphatic heterocycles. The first kappa shape index (κ1) is 15.1. The van der Waals surface area contributed by atoms with Crippen molar-refractivity contribution < 1.29 is 8.42 Å². The number of hydrogen-bond acceptors (Lipinski definition) is 4. The number of nitrogens with two attached hydrogens (primary N) is 1. The van der Waals surface area contributed by atoms with E-state index in [1.807, 2.05) is 0 Å². The fourth-order valence-corrected chi connectivity index (χ4v) is 3.70. The summed E-state index contributed by atoms with van der Waals surface area (Å²) < 4.78 is 29.3. The van der Waals surface area contributed by atoms with Crippen LogP contribution in [-0.4, -0.2) is 18.2 Å². The van der Waals surface area contributed by atoms with Gasteiger partial charge in [0.1, 0.15) is 0 Å². The van der Waals surface area contributed by atoms with Crippen LogP contribution < -0.4 is 10.5 Å². The van der Waals surface area contributed by atoms with Crippen molar-refractivity contribution >= 4 is 49.1 Å². The van der Waals surface area contributed by atoms with Crippen LogP contribution in [0.1, 0.15) is 5.69 Å². The van der Waals surface area contributed by atoms with Gasteiger partial charge in [0.25, 0.3) is 10.0 Å². The molecule has 0 bridgehead atoms. The molecule has 3 N–H and O–H groups in total. The van der Waals surface area contributed by atoms with Crippen LogP contribution in [0.4, 0.5) is 11.5 Å². The third-order valence-corrected chi connectivity index (χ3v) is 5.10. The third-order valence-electron chi connectivity index (χ3n) is 2.75. The Labute approximate surface area is 130 Å². The number of aryl methyl sites for hydroxylation is 1. The van der Waals surface area contributed by atoms with Gasteiger partial charge in [0.05, 0.1) is 16.4 Å². The molecule has 1 aromatic carbocycles. The minimum Gasteiger partial charge on any atom is -0.381 e. The van der Waals surface area contributed by atoms with Gasteiger partial charge in [-0.25, -0.2) is 8.42 Å². The lowest BCUT2D eigenvalue weighted by Gasteiger charge is -2.10. The van der Waals surface area contributed by atoms with Crippen molar-refractivity contribution in [1.29, 1.82) is 0 Å². The zero-order valence-corrected chi connectivity index (χ0v) is 13.8. The van der Waals surface area contributed by atoms with Crippen LogP contribution in [0.15, 0.2) is 27.6 Å². The Balaban J connectivity index is 2.49. The van der Waals surface area contributed by atoms with Crippen LogP contribution in [0.2, 0.25) is 5.02 Å². The highest BCUT2D eigenvalue weighted by molar-refractivity contribution is 9.10. The van der Waals surface area contributed by atoms with Crippen LogP contribution in [-0.2, 0) is 17.1 Å². The maximum atomic E-state index is 12.4. The summed E-state index contributed by atoms with van der Waals surface area (Å²) in [5.41, 5.74) is 6.37. The van der Waals surface area contributed by atoms with Gasteiger partial charge in [-0.1, -0.05) is 27.5 Å². The van der Waals surface area contributed by atoms with Gasteiger partial charge in [0.15, 0.2) is 10.7 Å². The Hall–Kier alpha value is -1.25. The van der Waals surface area contributed by atoms with Crippen molar-refractivity contribution in [3.63, 3.8) is 0 Å². The fourth-order valence-electron chi connectivity index (χ4n) is 1.72. The summed E-state index contributed by atoms with van der Waals surface area (Å²) in [6.45, 7) is 1.63. The van der Waals surface area contributed by atoms with Crippen LogP contribution in [0.5, 0.6) is 0 Å². The number of hydrogen-bond donors (Lipinski definition) is 2. The summed E-state index contributed by atoms with van der Waals surface area (Å²) in [4.78, 5) is -0.0453. The maximum Gasteiger partial charge on any atom is 0.267 e. The second-order valence-corrected chi connectivity index (χ2v) is 7.10. The van der Waals surface area contributed by atoms with E-state index < -0.39 is 10.0 Å². The fraction of sp³-hybridized carbons (Fsp3) is 0.182. The lowest BCUT2D eigenvalue weighted by atomic mass is 10.3. The minimum atomic E-state index is -3.86. The Kier molecular flexibility index (Phi) is 3.99. The average molecular weight is 380 g/mol. The lowest BCUT2D eigenvalue weighted by Crippen LogP contribution is -2.15. The predicted molar refractivity (Wildman–Crippen MR) is 82.3 cm³/mol. The number of aromatic nitrogens is 2. The van der Waals surface area contributed by atoms with E-state index in [1.54, 1.807) is 32.2 Å². The average Bonchev–Trinajstić information content (AvgIpc) is 2.58. The van der Waals surface area contributed by atoms with Crippen molar-refractivity contribution in [3.05, 3.63) is 33.4 Å².